The van der Waals surface area contributed by atoms with E-state index in [1.54, 1.807) is 0 Å². The normalized spacial score (nSPS) is 16.0. The molecule has 25 heavy (non-hydrogen) atoms. The second kappa shape index (κ2) is 11.7. The van der Waals surface area contributed by atoms with Crippen LogP contribution in [0.5, 0.6) is 5.75 Å². The molecule has 0 saturated carbocycles. The summed E-state index contributed by atoms with van der Waals surface area (Å²) in [5, 5.41) is 6.22. The van der Waals surface area contributed by atoms with E-state index in [0.717, 1.165) is 37.4 Å². The number of esters is 1. The first-order chi connectivity index (χ1) is 11.7. The predicted molar refractivity (Wildman–Crippen MR) is 99.3 cm³/mol. The van der Waals surface area contributed by atoms with Gasteiger partial charge in [-0.3, -0.25) is 9.59 Å². The maximum absolute atomic E-state index is 12.0. The van der Waals surface area contributed by atoms with E-state index in [1.165, 1.54) is 7.11 Å². The number of hydrogen-bond donors (Lipinski definition) is 2. The fraction of sp³-hybridized carbons (Fsp3) is 0.556. The number of nitrogens with one attached hydrogen (secondary N) is 2. The van der Waals surface area contributed by atoms with Gasteiger partial charge in [0.25, 0.3) is 0 Å². The summed E-state index contributed by atoms with van der Waals surface area (Å²) in [5.41, 5.74) is 0.770. The maximum Gasteiger partial charge on any atom is 0.305 e. The first kappa shape index (κ1) is 21.3. The first-order valence-corrected chi connectivity index (χ1v) is 8.47. The Morgan fingerprint density at radius 1 is 1.24 bits per heavy atom. The molecule has 1 heterocycles. The Labute approximate surface area is 155 Å². The van der Waals surface area contributed by atoms with Crippen molar-refractivity contribution in [2.75, 3.05) is 32.1 Å². The zero-order valence-electron chi connectivity index (χ0n) is 14.6. The molecule has 1 aromatic carbocycles. The van der Waals surface area contributed by atoms with Crippen molar-refractivity contribution in [3.63, 3.8) is 0 Å². The lowest BCUT2D eigenvalue weighted by atomic mass is 10.0. The molecule has 1 aromatic rings. The number of anilines is 1. The van der Waals surface area contributed by atoms with E-state index in [9.17, 15) is 9.59 Å². The molecule has 1 aliphatic rings. The molecule has 2 rings (SSSR count). The van der Waals surface area contributed by atoms with E-state index in [1.807, 2.05) is 24.3 Å². The summed E-state index contributed by atoms with van der Waals surface area (Å²) >= 11 is 0. The third-order valence-corrected chi connectivity index (χ3v) is 4.10. The molecule has 1 saturated heterocycles. The summed E-state index contributed by atoms with van der Waals surface area (Å²) in [6.45, 7) is 2.54. The van der Waals surface area contributed by atoms with Crippen LogP contribution in [0.25, 0.3) is 0 Å². The number of amides is 1. The van der Waals surface area contributed by atoms with Crippen molar-refractivity contribution in [2.45, 2.75) is 32.1 Å². The predicted octanol–water partition coefficient (Wildman–Crippen LogP) is 2.77. The molecular formula is C18H27ClN2O4. The van der Waals surface area contributed by atoms with E-state index in [0.29, 0.717) is 31.8 Å². The summed E-state index contributed by atoms with van der Waals surface area (Å²) in [7, 11) is 1.38. The van der Waals surface area contributed by atoms with Gasteiger partial charge in [0.2, 0.25) is 5.91 Å². The fourth-order valence-electron chi connectivity index (χ4n) is 2.66. The number of hydrogen-bond acceptors (Lipinski definition) is 5. The van der Waals surface area contributed by atoms with Crippen LogP contribution < -0.4 is 15.4 Å². The van der Waals surface area contributed by atoms with Crippen LogP contribution >= 0.6 is 12.4 Å². The monoisotopic (exact) mass is 370 g/mol. The van der Waals surface area contributed by atoms with Crippen molar-refractivity contribution >= 4 is 30.0 Å². The number of carbonyl (C=O) groups is 2. The van der Waals surface area contributed by atoms with Crippen LogP contribution in [0.3, 0.4) is 0 Å². The van der Waals surface area contributed by atoms with Crippen LogP contribution in [0.1, 0.15) is 32.1 Å². The first-order valence-electron chi connectivity index (χ1n) is 8.47. The maximum atomic E-state index is 12.0. The standard InChI is InChI=1S/C18H26N2O4.ClH/c1-23-18(22)3-2-12-24-16-7-5-15(6-8-16)20-17(21)9-4-14-10-11-19-13-14;/h5-8,14,19H,2-4,9-13H2,1H3,(H,20,21);1H. The molecule has 0 spiro atoms. The Bertz CT molecular complexity index is 530. The molecular weight excluding hydrogens is 344 g/mol. The minimum atomic E-state index is -0.231. The van der Waals surface area contributed by atoms with Crippen molar-refractivity contribution in [1.82, 2.24) is 5.32 Å². The Morgan fingerprint density at radius 3 is 2.64 bits per heavy atom. The minimum Gasteiger partial charge on any atom is -0.494 e. The van der Waals surface area contributed by atoms with Crippen LogP contribution in [0.4, 0.5) is 5.69 Å². The fourth-order valence-corrected chi connectivity index (χ4v) is 2.66. The number of benzene rings is 1. The van der Waals surface area contributed by atoms with E-state index < -0.39 is 0 Å². The molecule has 140 valence electrons. The van der Waals surface area contributed by atoms with E-state index in [4.69, 9.17) is 4.74 Å². The van der Waals surface area contributed by atoms with Gasteiger partial charge in [-0.1, -0.05) is 0 Å². The van der Waals surface area contributed by atoms with E-state index >= 15 is 0 Å². The number of methoxy groups -OCH3 is 1. The Hall–Kier alpha value is -1.79. The lowest BCUT2D eigenvalue weighted by Crippen LogP contribution is -2.15. The summed E-state index contributed by atoms with van der Waals surface area (Å²) < 4.78 is 10.1. The summed E-state index contributed by atoms with van der Waals surface area (Å²) in [6.07, 6.45) is 3.61. The van der Waals surface area contributed by atoms with E-state index in [2.05, 4.69) is 15.4 Å². The van der Waals surface area contributed by atoms with Crippen molar-refractivity contribution in [3.8, 4) is 5.75 Å². The van der Waals surface area contributed by atoms with Crippen LogP contribution in [-0.2, 0) is 14.3 Å². The summed E-state index contributed by atoms with van der Waals surface area (Å²) in [4.78, 5) is 22.9. The van der Waals surface area contributed by atoms with Crippen molar-refractivity contribution < 1.29 is 19.1 Å². The average molecular weight is 371 g/mol. The molecule has 7 heteroatoms. The average Bonchev–Trinajstić information content (AvgIpc) is 3.11. The van der Waals surface area contributed by atoms with E-state index in [-0.39, 0.29) is 24.3 Å². The zero-order chi connectivity index (χ0) is 17.2. The lowest BCUT2D eigenvalue weighted by molar-refractivity contribution is -0.140. The molecule has 1 unspecified atom stereocenters. The molecule has 6 nitrogen and oxygen atoms in total. The highest BCUT2D eigenvalue weighted by Gasteiger charge is 2.15. The third kappa shape index (κ3) is 8.23. The Morgan fingerprint density at radius 2 is 2.00 bits per heavy atom. The summed E-state index contributed by atoms with van der Waals surface area (Å²) in [6, 6.07) is 7.28. The molecule has 0 aromatic heterocycles. The molecule has 1 aliphatic heterocycles. The van der Waals surface area contributed by atoms with Gasteiger partial charge in [-0.05, 0) is 62.5 Å². The van der Waals surface area contributed by atoms with Gasteiger partial charge >= 0.3 is 5.97 Å². The van der Waals surface area contributed by atoms with Crippen molar-refractivity contribution in [3.05, 3.63) is 24.3 Å². The van der Waals surface area contributed by atoms with Gasteiger partial charge in [-0.15, -0.1) is 12.4 Å². The SMILES string of the molecule is COC(=O)CCCOc1ccc(NC(=O)CCC2CCNC2)cc1.Cl. The van der Waals surface area contributed by atoms with Crippen LogP contribution in [0, 0.1) is 5.92 Å². The zero-order valence-corrected chi connectivity index (χ0v) is 15.4. The van der Waals surface area contributed by atoms with Gasteiger partial charge in [-0.25, -0.2) is 0 Å². The number of halogens is 1. The minimum absolute atomic E-state index is 0. The van der Waals surface area contributed by atoms with Gasteiger partial charge in [0.15, 0.2) is 0 Å². The molecule has 2 N–H and O–H groups in total. The second-order valence-corrected chi connectivity index (χ2v) is 6.00. The van der Waals surface area contributed by atoms with Crippen LogP contribution in [0.2, 0.25) is 0 Å². The van der Waals surface area contributed by atoms with Gasteiger partial charge in [0, 0.05) is 18.5 Å². The van der Waals surface area contributed by atoms with Gasteiger partial charge in [0.1, 0.15) is 5.75 Å². The van der Waals surface area contributed by atoms with Crippen molar-refractivity contribution in [1.29, 1.82) is 0 Å². The lowest BCUT2D eigenvalue weighted by Gasteiger charge is -2.10. The largest absolute Gasteiger partial charge is 0.494 e. The van der Waals surface area contributed by atoms with Gasteiger partial charge < -0.3 is 20.1 Å². The summed E-state index contributed by atoms with van der Waals surface area (Å²) in [5.74, 6) is 1.16. The number of ether oxygens (including phenoxy) is 2. The highest BCUT2D eigenvalue weighted by Crippen LogP contribution is 2.18. The van der Waals surface area contributed by atoms with Crippen LogP contribution in [-0.4, -0.2) is 38.7 Å². The number of carbonyl (C=O) groups excluding carboxylic acids is 2. The molecule has 0 bridgehead atoms. The molecule has 0 radical (unpaired) electrons. The second-order valence-electron chi connectivity index (χ2n) is 6.00. The molecule has 1 amide bonds. The van der Waals surface area contributed by atoms with Gasteiger partial charge in [-0.2, -0.15) is 0 Å². The topological polar surface area (TPSA) is 76.7 Å². The molecule has 1 atom stereocenters. The smallest absolute Gasteiger partial charge is 0.305 e. The Kier molecular flexibility index (Phi) is 9.96. The third-order valence-electron chi connectivity index (χ3n) is 4.10. The molecule has 0 aliphatic carbocycles. The highest BCUT2D eigenvalue weighted by atomic mass is 35.5. The quantitative estimate of drug-likeness (QED) is 0.516. The molecule has 1 fully saturated rings. The van der Waals surface area contributed by atoms with Gasteiger partial charge in [0.05, 0.1) is 13.7 Å². The van der Waals surface area contributed by atoms with Crippen LogP contribution in [0.15, 0.2) is 24.3 Å². The van der Waals surface area contributed by atoms with Crippen molar-refractivity contribution in [2.24, 2.45) is 5.92 Å². The highest BCUT2D eigenvalue weighted by molar-refractivity contribution is 5.90. The Balaban J connectivity index is 0.00000312. The number of rotatable bonds is 9.